The summed E-state index contributed by atoms with van der Waals surface area (Å²) in [6.45, 7) is 5.16. The van der Waals surface area contributed by atoms with E-state index in [0.29, 0.717) is 22.6 Å². The minimum atomic E-state index is -0.240. The summed E-state index contributed by atoms with van der Waals surface area (Å²) in [7, 11) is 0. The summed E-state index contributed by atoms with van der Waals surface area (Å²) in [5.74, 6) is -0.290. The van der Waals surface area contributed by atoms with Crippen LogP contribution in [0.5, 0.6) is 0 Å². The monoisotopic (exact) mass is 407 g/mol. The molecule has 156 valence electrons. The molecule has 0 unspecified atom stereocenters. The summed E-state index contributed by atoms with van der Waals surface area (Å²) in [5.41, 5.74) is 3.49. The van der Waals surface area contributed by atoms with Crippen molar-refractivity contribution in [3.63, 3.8) is 0 Å². The second-order valence-electron chi connectivity index (χ2n) is 7.70. The number of hydrogen-bond acceptors (Lipinski definition) is 4. The number of nitrogens with zero attached hydrogens (tertiary/aromatic N) is 3. The van der Waals surface area contributed by atoms with Gasteiger partial charge in [0, 0.05) is 36.1 Å². The van der Waals surface area contributed by atoms with E-state index in [1.54, 1.807) is 28.8 Å². The maximum absolute atomic E-state index is 12.9. The molecular weight excluding hydrogens is 382 g/mol. The second kappa shape index (κ2) is 8.14. The second-order valence-corrected chi connectivity index (χ2v) is 7.70. The third-order valence-electron chi connectivity index (χ3n) is 5.61. The lowest BCUT2D eigenvalue weighted by molar-refractivity contribution is -0.115. The number of anilines is 1. The summed E-state index contributed by atoms with van der Waals surface area (Å²) < 4.78 is 1.59. The average molecular weight is 407 g/mol. The molecule has 4 rings (SSSR count). The molecule has 1 fully saturated rings. The summed E-state index contributed by atoms with van der Waals surface area (Å²) in [6.07, 6.45) is 3.25. The molecule has 0 radical (unpaired) electrons. The van der Waals surface area contributed by atoms with Gasteiger partial charge in [0.25, 0.3) is 11.5 Å². The maximum Gasteiger partial charge on any atom is 0.266 e. The zero-order valence-corrected chi connectivity index (χ0v) is 17.2. The Morgan fingerprint density at radius 1 is 1.13 bits per heavy atom. The molecule has 2 N–H and O–H groups in total. The largest absolute Gasteiger partial charge is 0.339 e. The molecular formula is C22H25N5O3. The number of likely N-dealkylation sites (tertiary alicyclic amines) is 1. The van der Waals surface area contributed by atoms with Crippen molar-refractivity contribution in [2.75, 3.05) is 18.4 Å². The summed E-state index contributed by atoms with van der Waals surface area (Å²) >= 11 is 0. The number of piperidine rings is 1. The molecule has 3 heterocycles. The number of aromatic amines is 1. The van der Waals surface area contributed by atoms with E-state index in [0.717, 1.165) is 43.6 Å². The van der Waals surface area contributed by atoms with Crippen LogP contribution in [0.2, 0.25) is 0 Å². The van der Waals surface area contributed by atoms with E-state index in [1.165, 1.54) is 6.07 Å². The maximum atomic E-state index is 12.9. The fourth-order valence-corrected chi connectivity index (χ4v) is 4.01. The highest BCUT2D eigenvalue weighted by atomic mass is 16.2. The minimum absolute atomic E-state index is 0.0500. The van der Waals surface area contributed by atoms with Crippen LogP contribution in [-0.2, 0) is 11.2 Å². The first kappa shape index (κ1) is 19.9. The Morgan fingerprint density at radius 2 is 1.87 bits per heavy atom. The third-order valence-corrected chi connectivity index (χ3v) is 5.61. The normalized spacial score (nSPS) is 14.1. The predicted octanol–water partition coefficient (Wildman–Crippen LogP) is 2.45. The first-order chi connectivity index (χ1) is 14.4. The number of nitrogens with one attached hydrogen (secondary N) is 2. The van der Waals surface area contributed by atoms with Gasteiger partial charge >= 0.3 is 0 Å². The summed E-state index contributed by atoms with van der Waals surface area (Å²) in [6, 6.07) is 8.53. The Balaban J connectivity index is 1.56. The van der Waals surface area contributed by atoms with Crippen molar-refractivity contribution >= 4 is 23.1 Å². The molecule has 0 bridgehead atoms. The lowest BCUT2D eigenvalue weighted by Gasteiger charge is -2.27. The molecule has 0 spiro atoms. The number of hydrogen-bond donors (Lipinski definition) is 2. The van der Waals surface area contributed by atoms with Gasteiger partial charge in [0.1, 0.15) is 0 Å². The zero-order chi connectivity index (χ0) is 21.3. The van der Waals surface area contributed by atoms with Gasteiger partial charge < -0.3 is 10.2 Å². The Bertz CT molecular complexity index is 1170. The molecule has 0 saturated carbocycles. The first-order valence-corrected chi connectivity index (χ1v) is 10.2. The molecule has 1 saturated heterocycles. The Labute approximate surface area is 173 Å². The lowest BCUT2D eigenvalue weighted by atomic mass is 10.1. The smallest absolute Gasteiger partial charge is 0.266 e. The number of para-hydroxylation sites is 1. The van der Waals surface area contributed by atoms with Crippen LogP contribution in [0.1, 0.15) is 46.6 Å². The van der Waals surface area contributed by atoms with Gasteiger partial charge in [0.2, 0.25) is 5.91 Å². The van der Waals surface area contributed by atoms with Gasteiger partial charge in [0.15, 0.2) is 5.65 Å². The fraction of sp³-hybridized carbons (Fsp3) is 0.364. The first-order valence-electron chi connectivity index (χ1n) is 10.2. The number of benzene rings is 1. The lowest BCUT2D eigenvalue weighted by Crippen LogP contribution is -2.36. The minimum Gasteiger partial charge on any atom is -0.339 e. The van der Waals surface area contributed by atoms with E-state index < -0.39 is 0 Å². The number of H-pyrrole nitrogens is 1. The van der Waals surface area contributed by atoms with Crippen molar-refractivity contribution in [1.29, 1.82) is 0 Å². The van der Waals surface area contributed by atoms with Crippen molar-refractivity contribution in [2.24, 2.45) is 0 Å². The molecule has 2 aromatic heterocycles. The Morgan fingerprint density at radius 3 is 2.63 bits per heavy atom. The number of rotatable bonds is 4. The molecule has 1 aliphatic heterocycles. The van der Waals surface area contributed by atoms with Crippen molar-refractivity contribution in [3.8, 4) is 0 Å². The number of aryl methyl sites for hydroxylation is 2. The van der Waals surface area contributed by atoms with Crippen LogP contribution in [-0.4, -0.2) is 44.4 Å². The van der Waals surface area contributed by atoms with Gasteiger partial charge in [-0.05, 0) is 45.2 Å². The quantitative estimate of drug-likeness (QED) is 0.694. The van der Waals surface area contributed by atoms with E-state index in [9.17, 15) is 14.4 Å². The van der Waals surface area contributed by atoms with Crippen LogP contribution in [0.15, 0.2) is 35.1 Å². The Hall–Kier alpha value is -3.42. The van der Waals surface area contributed by atoms with Crippen molar-refractivity contribution < 1.29 is 9.59 Å². The van der Waals surface area contributed by atoms with Crippen LogP contribution in [0.3, 0.4) is 0 Å². The number of carbonyl (C=O) groups is 2. The molecule has 0 atom stereocenters. The van der Waals surface area contributed by atoms with Gasteiger partial charge in [-0.3, -0.25) is 19.5 Å². The van der Waals surface area contributed by atoms with Gasteiger partial charge in [-0.25, -0.2) is 9.50 Å². The third kappa shape index (κ3) is 3.85. The fourth-order valence-electron chi connectivity index (χ4n) is 4.01. The molecule has 8 nitrogen and oxygen atoms in total. The van der Waals surface area contributed by atoms with Crippen LogP contribution in [0, 0.1) is 13.8 Å². The highest BCUT2D eigenvalue weighted by Gasteiger charge is 2.22. The Kier molecular flexibility index (Phi) is 5.39. The molecule has 1 aliphatic rings. The van der Waals surface area contributed by atoms with Crippen molar-refractivity contribution in [2.45, 2.75) is 39.5 Å². The average Bonchev–Trinajstić information content (AvgIpc) is 3.12. The van der Waals surface area contributed by atoms with Crippen LogP contribution in [0.25, 0.3) is 5.65 Å². The zero-order valence-electron chi connectivity index (χ0n) is 17.2. The molecule has 3 aromatic rings. The van der Waals surface area contributed by atoms with E-state index >= 15 is 0 Å². The highest BCUT2D eigenvalue weighted by molar-refractivity contribution is 6.04. The van der Waals surface area contributed by atoms with E-state index in [-0.39, 0.29) is 23.8 Å². The van der Waals surface area contributed by atoms with Crippen LogP contribution in [0.4, 0.5) is 5.69 Å². The van der Waals surface area contributed by atoms with Crippen LogP contribution >= 0.6 is 0 Å². The number of aromatic nitrogens is 3. The summed E-state index contributed by atoms with van der Waals surface area (Å²) in [5, 5.41) is 5.59. The number of amides is 2. The number of fused-ring (bicyclic) bond motifs is 1. The van der Waals surface area contributed by atoms with Gasteiger partial charge in [-0.1, -0.05) is 12.1 Å². The predicted molar refractivity (Wildman–Crippen MR) is 114 cm³/mol. The molecule has 8 heteroatoms. The summed E-state index contributed by atoms with van der Waals surface area (Å²) in [4.78, 5) is 43.7. The van der Waals surface area contributed by atoms with E-state index in [4.69, 9.17) is 0 Å². The van der Waals surface area contributed by atoms with E-state index in [1.807, 2.05) is 18.7 Å². The van der Waals surface area contributed by atoms with Crippen molar-refractivity contribution in [1.82, 2.24) is 19.5 Å². The topological polar surface area (TPSA) is 99.6 Å². The van der Waals surface area contributed by atoms with E-state index in [2.05, 4.69) is 15.4 Å². The molecule has 0 aliphatic carbocycles. The number of carbonyl (C=O) groups excluding carboxylic acids is 2. The molecule has 1 aromatic carbocycles. The van der Waals surface area contributed by atoms with Gasteiger partial charge in [-0.15, -0.1) is 0 Å². The standard InChI is InChI=1S/C22H25N5O3/c1-14-17(15(2)27-19(23-14)13-21(29)25-27)12-20(28)24-18-9-5-4-8-16(18)22(30)26-10-6-3-7-11-26/h4-5,8-9,13H,3,6-7,10-12H2,1-2H3,(H,24,28)(H,25,29). The highest BCUT2D eigenvalue weighted by Crippen LogP contribution is 2.21. The van der Waals surface area contributed by atoms with Gasteiger partial charge in [0.05, 0.1) is 17.7 Å². The van der Waals surface area contributed by atoms with Crippen LogP contribution < -0.4 is 10.9 Å². The molecule has 30 heavy (non-hydrogen) atoms. The van der Waals surface area contributed by atoms with Crippen molar-refractivity contribution in [3.05, 3.63) is 63.2 Å². The SMILES string of the molecule is Cc1nc2cc(=O)[nH]n2c(C)c1CC(=O)Nc1ccccc1C(=O)N1CCCCC1. The molecule has 2 amide bonds. The van der Waals surface area contributed by atoms with Gasteiger partial charge in [-0.2, -0.15) is 0 Å².